The predicted octanol–water partition coefficient (Wildman–Crippen LogP) is 9.97. The maximum atomic E-state index is 2.47. The lowest BCUT2D eigenvalue weighted by molar-refractivity contribution is 1.19. The Balaban J connectivity index is 1.63. The van der Waals surface area contributed by atoms with Gasteiger partial charge in [-0.15, -0.1) is 11.3 Å². The molecule has 0 amide bonds. The van der Waals surface area contributed by atoms with Gasteiger partial charge in [0.05, 0.1) is 15.7 Å². The van der Waals surface area contributed by atoms with E-state index in [9.17, 15) is 0 Å². The Kier molecular flexibility index (Phi) is 4.16. The molecule has 0 saturated heterocycles. The molecule has 2 heterocycles. The van der Waals surface area contributed by atoms with Gasteiger partial charge < -0.3 is 4.57 Å². The van der Waals surface area contributed by atoms with Crippen molar-refractivity contribution >= 4 is 64.1 Å². The van der Waals surface area contributed by atoms with Gasteiger partial charge in [0.25, 0.3) is 0 Å². The number of rotatable bonds is 2. The molecule has 8 rings (SSSR count). The number of thiophene rings is 1. The summed E-state index contributed by atoms with van der Waals surface area (Å²) >= 11 is 1.93. The van der Waals surface area contributed by atoms with Gasteiger partial charge in [0, 0.05) is 26.5 Å². The van der Waals surface area contributed by atoms with E-state index in [0.717, 1.165) is 0 Å². The van der Waals surface area contributed by atoms with Crippen LogP contribution in [-0.2, 0) is 0 Å². The van der Waals surface area contributed by atoms with Crippen LogP contribution in [0.5, 0.6) is 0 Å². The Morgan fingerprint density at radius 2 is 1.06 bits per heavy atom. The summed E-state index contributed by atoms with van der Waals surface area (Å²) in [5.74, 6) is 0. The average molecular weight is 476 g/mol. The molecule has 0 saturated carbocycles. The van der Waals surface area contributed by atoms with Gasteiger partial charge in [-0.05, 0) is 51.6 Å². The number of nitrogens with zero attached hydrogens (tertiary/aromatic N) is 1. The zero-order valence-corrected chi connectivity index (χ0v) is 20.3. The fourth-order valence-corrected chi connectivity index (χ4v) is 7.16. The maximum Gasteiger partial charge on any atom is 0.0734 e. The van der Waals surface area contributed by atoms with Gasteiger partial charge in [-0.1, -0.05) is 103 Å². The van der Waals surface area contributed by atoms with Crippen molar-refractivity contribution < 1.29 is 0 Å². The van der Waals surface area contributed by atoms with E-state index in [4.69, 9.17) is 0 Å². The second-order valence-electron chi connectivity index (χ2n) is 9.34. The molecule has 0 aliphatic carbocycles. The first-order valence-electron chi connectivity index (χ1n) is 12.3. The Morgan fingerprint density at radius 3 is 1.81 bits per heavy atom. The molecule has 1 nitrogen and oxygen atoms in total. The molecular weight excluding hydrogens is 454 g/mol. The number of benzene rings is 6. The molecule has 8 aromatic rings. The van der Waals surface area contributed by atoms with Crippen LogP contribution in [0.4, 0.5) is 0 Å². The van der Waals surface area contributed by atoms with Gasteiger partial charge in [-0.25, -0.2) is 0 Å². The van der Waals surface area contributed by atoms with Crippen LogP contribution in [0, 0.1) is 0 Å². The Labute approximate surface area is 212 Å². The average Bonchev–Trinajstić information content (AvgIpc) is 3.49. The second kappa shape index (κ2) is 7.55. The van der Waals surface area contributed by atoms with Gasteiger partial charge >= 0.3 is 0 Å². The monoisotopic (exact) mass is 475 g/mol. The summed E-state index contributed by atoms with van der Waals surface area (Å²) in [4.78, 5) is 0. The van der Waals surface area contributed by atoms with E-state index in [2.05, 4.69) is 132 Å². The van der Waals surface area contributed by atoms with E-state index in [1.54, 1.807) is 0 Å². The van der Waals surface area contributed by atoms with Crippen LogP contribution in [0.2, 0.25) is 0 Å². The van der Waals surface area contributed by atoms with Gasteiger partial charge in [0.1, 0.15) is 0 Å². The highest BCUT2D eigenvalue weighted by Gasteiger charge is 2.21. The summed E-state index contributed by atoms with van der Waals surface area (Å²) in [6.45, 7) is 0. The van der Waals surface area contributed by atoms with E-state index < -0.39 is 0 Å². The van der Waals surface area contributed by atoms with E-state index in [1.807, 2.05) is 11.3 Å². The molecule has 0 atom stereocenters. The van der Waals surface area contributed by atoms with E-state index in [0.29, 0.717) is 0 Å². The van der Waals surface area contributed by atoms with Crippen molar-refractivity contribution in [1.82, 2.24) is 4.57 Å². The standard InChI is InChI=1S/C34H21NS/c1-3-11-22(12-4-1)23-19-20-30-29(21-23)34-32(35(30)24-13-5-2-6-14-24)31-27-17-9-7-15-25(27)26-16-8-10-18-28(26)33(31)36-34/h1-21H. The Hall–Kier alpha value is -4.40. The quantitative estimate of drug-likeness (QED) is 0.219. The van der Waals surface area contributed by atoms with Crippen molar-refractivity contribution in [2.45, 2.75) is 0 Å². The van der Waals surface area contributed by atoms with Crippen molar-refractivity contribution in [2.24, 2.45) is 0 Å². The molecule has 36 heavy (non-hydrogen) atoms. The summed E-state index contributed by atoms with van der Waals surface area (Å²) < 4.78 is 5.19. The molecule has 0 bridgehead atoms. The summed E-state index contributed by atoms with van der Waals surface area (Å²) in [6, 6.07) is 46.2. The van der Waals surface area contributed by atoms with Crippen LogP contribution in [0.3, 0.4) is 0 Å². The van der Waals surface area contributed by atoms with Crippen molar-refractivity contribution in [1.29, 1.82) is 0 Å². The van der Waals surface area contributed by atoms with E-state index in [1.165, 1.54) is 69.6 Å². The minimum Gasteiger partial charge on any atom is -0.308 e. The van der Waals surface area contributed by atoms with Crippen LogP contribution in [0.25, 0.3) is 69.6 Å². The van der Waals surface area contributed by atoms with E-state index in [-0.39, 0.29) is 0 Å². The number of fused-ring (bicyclic) bond motifs is 10. The molecule has 6 aromatic carbocycles. The predicted molar refractivity (Wildman–Crippen MR) is 157 cm³/mol. The highest BCUT2D eigenvalue weighted by atomic mass is 32.1. The third-order valence-corrected chi connectivity index (χ3v) is 8.61. The molecule has 0 fully saturated rings. The van der Waals surface area contributed by atoms with Gasteiger partial charge in [0.2, 0.25) is 0 Å². The zero-order chi connectivity index (χ0) is 23.6. The maximum absolute atomic E-state index is 2.47. The number of aromatic nitrogens is 1. The van der Waals surface area contributed by atoms with Crippen LogP contribution < -0.4 is 0 Å². The first-order valence-corrected chi connectivity index (χ1v) is 13.1. The van der Waals surface area contributed by atoms with Crippen LogP contribution in [0.15, 0.2) is 127 Å². The largest absolute Gasteiger partial charge is 0.308 e. The second-order valence-corrected chi connectivity index (χ2v) is 10.4. The molecule has 2 heteroatoms. The van der Waals surface area contributed by atoms with Crippen molar-refractivity contribution in [3.63, 3.8) is 0 Å². The number of hydrogen-bond donors (Lipinski definition) is 0. The minimum atomic E-state index is 1.20. The molecule has 0 unspecified atom stereocenters. The zero-order valence-electron chi connectivity index (χ0n) is 19.5. The topological polar surface area (TPSA) is 4.93 Å². The summed E-state index contributed by atoms with van der Waals surface area (Å²) in [6.07, 6.45) is 0. The molecule has 2 aromatic heterocycles. The third kappa shape index (κ3) is 2.71. The molecule has 168 valence electrons. The highest BCUT2D eigenvalue weighted by Crippen LogP contribution is 2.48. The minimum absolute atomic E-state index is 1.20. The van der Waals surface area contributed by atoms with Crippen LogP contribution >= 0.6 is 11.3 Å². The molecule has 0 radical (unpaired) electrons. The van der Waals surface area contributed by atoms with Crippen molar-refractivity contribution in [3.05, 3.63) is 127 Å². The Morgan fingerprint density at radius 1 is 0.444 bits per heavy atom. The SMILES string of the molecule is c1ccc(-c2ccc3c(c2)c2sc4c5ccccc5c5ccccc5c4c2n3-c2ccccc2)cc1. The van der Waals surface area contributed by atoms with Gasteiger partial charge in [-0.3, -0.25) is 0 Å². The molecule has 0 spiro atoms. The van der Waals surface area contributed by atoms with Crippen LogP contribution in [0.1, 0.15) is 0 Å². The lowest BCUT2D eigenvalue weighted by atomic mass is 9.98. The number of para-hydroxylation sites is 1. The lowest BCUT2D eigenvalue weighted by Gasteiger charge is -2.11. The van der Waals surface area contributed by atoms with Gasteiger partial charge in [0.15, 0.2) is 0 Å². The van der Waals surface area contributed by atoms with Crippen molar-refractivity contribution in [3.8, 4) is 16.8 Å². The first kappa shape index (κ1) is 19.9. The third-order valence-electron chi connectivity index (χ3n) is 7.37. The summed E-state index contributed by atoms with van der Waals surface area (Å²) in [5.41, 5.74) is 6.26. The fraction of sp³-hybridized carbons (Fsp3) is 0. The lowest BCUT2D eigenvalue weighted by Crippen LogP contribution is -1.93. The first-order chi connectivity index (χ1) is 17.9. The summed E-state index contributed by atoms with van der Waals surface area (Å²) in [7, 11) is 0. The highest BCUT2D eigenvalue weighted by molar-refractivity contribution is 7.27. The van der Waals surface area contributed by atoms with Gasteiger partial charge in [-0.2, -0.15) is 0 Å². The van der Waals surface area contributed by atoms with Crippen LogP contribution in [-0.4, -0.2) is 4.57 Å². The van der Waals surface area contributed by atoms with E-state index >= 15 is 0 Å². The smallest absolute Gasteiger partial charge is 0.0734 e. The normalized spacial score (nSPS) is 11.9. The fourth-order valence-electron chi connectivity index (χ4n) is 5.80. The number of hydrogen-bond acceptors (Lipinski definition) is 1. The summed E-state index contributed by atoms with van der Waals surface area (Å²) in [5, 5.41) is 7.95. The molecule has 0 N–H and O–H groups in total. The molecule has 0 aliphatic heterocycles. The molecule has 0 aliphatic rings. The van der Waals surface area contributed by atoms with Crippen molar-refractivity contribution in [2.75, 3.05) is 0 Å². The Bertz CT molecular complexity index is 2080. The molecular formula is C34H21NS.